The van der Waals surface area contributed by atoms with E-state index in [4.69, 9.17) is 0 Å². The van der Waals surface area contributed by atoms with Crippen LogP contribution in [-0.2, 0) is 0 Å². The molecule has 52 valence electrons. The van der Waals surface area contributed by atoms with Gasteiger partial charge in [-0.25, -0.2) is 0 Å². The predicted molar refractivity (Wildman–Crippen MR) is 35.1 cm³/mol. The molecular formula is C7H13NO. The van der Waals surface area contributed by atoms with Gasteiger partial charge in [-0.15, -0.1) is 0 Å². The van der Waals surface area contributed by atoms with E-state index in [2.05, 4.69) is 5.32 Å². The molecule has 0 amide bonds. The highest BCUT2D eigenvalue weighted by molar-refractivity contribution is 4.94. The number of aliphatic hydroxyl groups is 1. The van der Waals surface area contributed by atoms with Gasteiger partial charge in [0.2, 0.25) is 0 Å². The van der Waals surface area contributed by atoms with Gasteiger partial charge in [0.15, 0.2) is 0 Å². The van der Waals surface area contributed by atoms with E-state index < -0.39 is 0 Å². The fourth-order valence-electron chi connectivity index (χ4n) is 1.76. The number of hydrogen-bond acceptors (Lipinski definition) is 2. The van der Waals surface area contributed by atoms with Crippen LogP contribution in [0.2, 0.25) is 0 Å². The van der Waals surface area contributed by atoms with Gasteiger partial charge in [0.25, 0.3) is 0 Å². The van der Waals surface area contributed by atoms with Crippen molar-refractivity contribution in [3.63, 3.8) is 0 Å². The highest BCUT2D eigenvalue weighted by Crippen LogP contribution is 2.44. The summed E-state index contributed by atoms with van der Waals surface area (Å²) in [5.41, 5.74) is 0. The Morgan fingerprint density at radius 3 is 3.22 bits per heavy atom. The molecule has 1 heterocycles. The van der Waals surface area contributed by atoms with Crippen molar-refractivity contribution in [2.45, 2.75) is 18.9 Å². The Balaban J connectivity index is 1.96. The minimum Gasteiger partial charge on any atom is -0.392 e. The van der Waals surface area contributed by atoms with Gasteiger partial charge in [0, 0.05) is 6.54 Å². The van der Waals surface area contributed by atoms with Gasteiger partial charge in [0.1, 0.15) is 0 Å². The lowest BCUT2D eigenvalue weighted by atomic mass is 10.2. The second-order valence-electron chi connectivity index (χ2n) is 3.22. The number of hydrogen-bond donors (Lipinski definition) is 2. The van der Waals surface area contributed by atoms with Crippen LogP contribution >= 0.6 is 0 Å². The Bertz CT molecular complexity index is 115. The third-order valence-electron chi connectivity index (χ3n) is 2.52. The molecule has 1 aliphatic heterocycles. The molecule has 1 saturated carbocycles. The Labute approximate surface area is 55.3 Å². The van der Waals surface area contributed by atoms with Gasteiger partial charge in [0.05, 0.1) is 6.10 Å². The van der Waals surface area contributed by atoms with Crippen molar-refractivity contribution in [1.29, 1.82) is 0 Å². The van der Waals surface area contributed by atoms with Crippen LogP contribution in [0.15, 0.2) is 0 Å². The highest BCUT2D eigenvalue weighted by Gasteiger charge is 2.42. The van der Waals surface area contributed by atoms with Crippen molar-refractivity contribution in [3.8, 4) is 0 Å². The summed E-state index contributed by atoms with van der Waals surface area (Å²) in [4.78, 5) is 0. The van der Waals surface area contributed by atoms with Gasteiger partial charge >= 0.3 is 0 Å². The summed E-state index contributed by atoms with van der Waals surface area (Å²) in [6.07, 6.45) is 2.52. The van der Waals surface area contributed by atoms with Gasteiger partial charge in [-0.3, -0.25) is 0 Å². The molecule has 1 aliphatic carbocycles. The standard InChI is InChI=1S/C7H13NO/c9-7-4-8-2-1-5-3-6(5)7/h5-9H,1-4H2. The summed E-state index contributed by atoms with van der Waals surface area (Å²) in [7, 11) is 0. The van der Waals surface area contributed by atoms with Crippen LogP contribution in [0.25, 0.3) is 0 Å². The van der Waals surface area contributed by atoms with Crippen LogP contribution in [-0.4, -0.2) is 24.3 Å². The molecule has 3 unspecified atom stereocenters. The molecule has 9 heavy (non-hydrogen) atoms. The number of nitrogens with one attached hydrogen (secondary N) is 1. The zero-order chi connectivity index (χ0) is 6.27. The van der Waals surface area contributed by atoms with Gasteiger partial charge in [-0.05, 0) is 31.2 Å². The number of aliphatic hydroxyl groups excluding tert-OH is 1. The first-order valence-electron chi connectivity index (χ1n) is 3.76. The Hall–Kier alpha value is -0.0800. The lowest BCUT2D eigenvalue weighted by Gasteiger charge is -2.05. The van der Waals surface area contributed by atoms with Crippen molar-refractivity contribution in [3.05, 3.63) is 0 Å². The summed E-state index contributed by atoms with van der Waals surface area (Å²) >= 11 is 0. The molecule has 0 aromatic carbocycles. The first kappa shape index (κ1) is 5.69. The summed E-state index contributed by atoms with van der Waals surface area (Å²) in [6, 6.07) is 0. The second kappa shape index (κ2) is 1.96. The summed E-state index contributed by atoms with van der Waals surface area (Å²) in [5.74, 6) is 1.51. The van der Waals surface area contributed by atoms with Crippen LogP contribution < -0.4 is 5.32 Å². The van der Waals surface area contributed by atoms with E-state index in [9.17, 15) is 5.11 Å². The minimum atomic E-state index is -0.0440. The molecular weight excluding hydrogens is 114 g/mol. The van der Waals surface area contributed by atoms with Crippen molar-refractivity contribution < 1.29 is 5.11 Å². The first-order chi connectivity index (χ1) is 4.38. The average molecular weight is 127 g/mol. The molecule has 2 rings (SSSR count). The van der Waals surface area contributed by atoms with Crippen LogP contribution in [0.1, 0.15) is 12.8 Å². The Kier molecular flexibility index (Phi) is 1.24. The zero-order valence-corrected chi connectivity index (χ0v) is 5.51. The molecule has 2 nitrogen and oxygen atoms in total. The minimum absolute atomic E-state index is 0.0440. The SMILES string of the molecule is OC1CNCCC2CC12. The van der Waals surface area contributed by atoms with Crippen molar-refractivity contribution in [2.24, 2.45) is 11.8 Å². The van der Waals surface area contributed by atoms with Crippen molar-refractivity contribution in [2.75, 3.05) is 13.1 Å². The quantitative estimate of drug-likeness (QED) is 0.479. The molecule has 2 fully saturated rings. The number of fused-ring (bicyclic) bond motifs is 1. The normalized spacial score (nSPS) is 49.7. The average Bonchev–Trinajstić information content (AvgIpc) is 2.55. The maximum Gasteiger partial charge on any atom is 0.0695 e. The third-order valence-corrected chi connectivity index (χ3v) is 2.52. The Morgan fingerprint density at radius 1 is 1.44 bits per heavy atom. The number of rotatable bonds is 0. The van der Waals surface area contributed by atoms with Crippen molar-refractivity contribution in [1.82, 2.24) is 5.32 Å². The molecule has 2 N–H and O–H groups in total. The molecule has 0 aromatic rings. The molecule has 1 saturated heterocycles. The van der Waals surface area contributed by atoms with E-state index in [0.717, 1.165) is 19.0 Å². The molecule has 2 aliphatic rings. The second-order valence-corrected chi connectivity index (χ2v) is 3.22. The lowest BCUT2D eigenvalue weighted by Crippen LogP contribution is -2.26. The van der Waals surface area contributed by atoms with Crippen molar-refractivity contribution >= 4 is 0 Å². The van der Waals surface area contributed by atoms with Gasteiger partial charge in [-0.2, -0.15) is 0 Å². The fraction of sp³-hybridized carbons (Fsp3) is 1.00. The maximum absolute atomic E-state index is 9.34. The monoisotopic (exact) mass is 127 g/mol. The maximum atomic E-state index is 9.34. The van der Waals surface area contributed by atoms with Crippen LogP contribution in [0.5, 0.6) is 0 Å². The fourth-order valence-corrected chi connectivity index (χ4v) is 1.76. The largest absolute Gasteiger partial charge is 0.392 e. The first-order valence-corrected chi connectivity index (χ1v) is 3.76. The van der Waals surface area contributed by atoms with E-state index in [1.54, 1.807) is 0 Å². The number of β-amino-alcohol motifs (C(OH)–C–C–N with tert-alkyl or cyclic N) is 1. The lowest BCUT2D eigenvalue weighted by molar-refractivity contribution is 0.150. The molecule has 0 bridgehead atoms. The topological polar surface area (TPSA) is 32.3 Å². The highest BCUT2D eigenvalue weighted by atomic mass is 16.3. The van der Waals surface area contributed by atoms with Crippen LogP contribution in [0, 0.1) is 11.8 Å². The molecule has 3 atom stereocenters. The zero-order valence-electron chi connectivity index (χ0n) is 5.51. The molecule has 0 radical (unpaired) electrons. The van der Waals surface area contributed by atoms with Gasteiger partial charge < -0.3 is 10.4 Å². The molecule has 0 aromatic heterocycles. The summed E-state index contributed by atoms with van der Waals surface area (Å²) < 4.78 is 0. The van der Waals surface area contributed by atoms with Crippen LogP contribution in [0.3, 0.4) is 0 Å². The van der Waals surface area contributed by atoms with E-state index in [0.29, 0.717) is 5.92 Å². The van der Waals surface area contributed by atoms with E-state index in [1.807, 2.05) is 0 Å². The Morgan fingerprint density at radius 2 is 2.33 bits per heavy atom. The van der Waals surface area contributed by atoms with E-state index in [-0.39, 0.29) is 6.10 Å². The molecule has 2 heteroatoms. The van der Waals surface area contributed by atoms with E-state index in [1.165, 1.54) is 12.8 Å². The summed E-state index contributed by atoms with van der Waals surface area (Å²) in [6.45, 7) is 1.93. The third kappa shape index (κ3) is 0.970. The van der Waals surface area contributed by atoms with E-state index >= 15 is 0 Å². The smallest absolute Gasteiger partial charge is 0.0695 e. The predicted octanol–water partition coefficient (Wildman–Crippen LogP) is -0.0233. The summed E-state index contributed by atoms with van der Waals surface area (Å²) in [5, 5.41) is 12.5. The molecule has 0 spiro atoms. The van der Waals surface area contributed by atoms with Crippen LogP contribution in [0.4, 0.5) is 0 Å². The van der Waals surface area contributed by atoms with Gasteiger partial charge in [-0.1, -0.05) is 0 Å².